The molecule has 1 saturated heterocycles. The second-order valence-electron chi connectivity index (χ2n) is 6.63. The fraction of sp³-hybridized carbons (Fsp3) is 0.625. The van der Waals surface area contributed by atoms with Crippen molar-refractivity contribution < 1.29 is 23.1 Å². The third kappa shape index (κ3) is 4.21. The zero-order valence-corrected chi connectivity index (χ0v) is 15.4. The first kappa shape index (κ1) is 18.3. The van der Waals surface area contributed by atoms with Gasteiger partial charge >= 0.3 is 5.97 Å². The lowest BCUT2D eigenvalue weighted by molar-refractivity contribution is -0.146. The van der Waals surface area contributed by atoms with Gasteiger partial charge in [-0.25, -0.2) is 8.42 Å². The molecule has 25 heavy (non-hydrogen) atoms. The van der Waals surface area contributed by atoms with Crippen LogP contribution in [-0.4, -0.2) is 48.8 Å². The van der Waals surface area contributed by atoms with Crippen LogP contribution in [0.15, 0.2) is 16.3 Å². The van der Waals surface area contributed by atoms with Gasteiger partial charge in [0, 0.05) is 24.0 Å². The maximum absolute atomic E-state index is 12.6. The van der Waals surface area contributed by atoms with Gasteiger partial charge in [0.2, 0.25) is 5.91 Å². The topological polar surface area (TPSA) is 104 Å². The molecule has 0 unspecified atom stereocenters. The number of nitrogens with zero attached hydrogens (tertiary/aromatic N) is 1. The van der Waals surface area contributed by atoms with E-state index >= 15 is 0 Å². The summed E-state index contributed by atoms with van der Waals surface area (Å²) < 4.78 is 27.0. The van der Waals surface area contributed by atoms with Crippen molar-refractivity contribution in [3.8, 4) is 0 Å². The number of carbonyl (C=O) groups is 2. The largest absolute Gasteiger partial charge is 0.481 e. The smallest absolute Gasteiger partial charge is 0.306 e. The highest BCUT2D eigenvalue weighted by Crippen LogP contribution is 2.29. The van der Waals surface area contributed by atoms with Gasteiger partial charge in [-0.2, -0.15) is 4.31 Å². The van der Waals surface area contributed by atoms with Crippen LogP contribution in [-0.2, 0) is 26.0 Å². The van der Waals surface area contributed by atoms with Crippen molar-refractivity contribution in [3.05, 3.63) is 17.0 Å². The summed E-state index contributed by atoms with van der Waals surface area (Å²) in [4.78, 5) is 23.5. The second-order valence-corrected chi connectivity index (χ2v) is 9.97. The molecule has 2 fully saturated rings. The lowest BCUT2D eigenvalue weighted by Gasteiger charge is -2.32. The van der Waals surface area contributed by atoms with Gasteiger partial charge < -0.3 is 10.4 Å². The van der Waals surface area contributed by atoms with Gasteiger partial charge in [-0.05, 0) is 37.8 Å². The van der Waals surface area contributed by atoms with Crippen LogP contribution in [0.2, 0.25) is 0 Å². The van der Waals surface area contributed by atoms with Gasteiger partial charge in [0.1, 0.15) is 4.21 Å². The van der Waals surface area contributed by atoms with Crippen LogP contribution in [0.4, 0.5) is 0 Å². The number of amides is 1. The number of sulfonamides is 1. The van der Waals surface area contributed by atoms with E-state index in [4.69, 9.17) is 5.11 Å². The van der Waals surface area contributed by atoms with Crippen molar-refractivity contribution in [2.45, 2.75) is 48.8 Å². The molecule has 7 nitrogen and oxygen atoms in total. The molecule has 138 valence electrons. The van der Waals surface area contributed by atoms with Crippen molar-refractivity contribution in [3.63, 3.8) is 0 Å². The predicted octanol–water partition coefficient (Wildman–Crippen LogP) is 1.44. The zero-order valence-electron chi connectivity index (χ0n) is 13.8. The molecule has 1 amide bonds. The van der Waals surface area contributed by atoms with E-state index in [-0.39, 0.29) is 28.5 Å². The Kier molecular flexibility index (Phi) is 5.45. The zero-order chi connectivity index (χ0) is 18.0. The Bertz CT molecular complexity index is 746. The summed E-state index contributed by atoms with van der Waals surface area (Å²) in [6.45, 7) is 1.12. The Morgan fingerprint density at radius 1 is 1.20 bits per heavy atom. The first-order valence-corrected chi connectivity index (χ1v) is 10.7. The summed E-state index contributed by atoms with van der Waals surface area (Å²) >= 11 is 1.14. The number of hydrogen-bond acceptors (Lipinski definition) is 5. The molecule has 1 aliphatic carbocycles. The van der Waals surface area contributed by atoms with Crippen molar-refractivity contribution in [1.82, 2.24) is 9.62 Å². The van der Waals surface area contributed by atoms with Crippen LogP contribution in [0.25, 0.3) is 0 Å². The van der Waals surface area contributed by atoms with Gasteiger partial charge in [0.25, 0.3) is 10.0 Å². The van der Waals surface area contributed by atoms with Crippen molar-refractivity contribution >= 4 is 33.2 Å². The summed E-state index contributed by atoms with van der Waals surface area (Å²) in [6.07, 6.45) is 3.87. The molecule has 1 aliphatic heterocycles. The average Bonchev–Trinajstić information content (AvgIpc) is 3.00. The summed E-state index contributed by atoms with van der Waals surface area (Å²) in [5.41, 5.74) is 0. The lowest BCUT2D eigenvalue weighted by atomic mass is 9.80. The molecule has 1 saturated carbocycles. The normalized spacial score (nSPS) is 24.5. The SMILES string of the molecule is O=C(Cc1ccc(S(=O)(=O)N2CCCCC2)s1)NC1CC(C(=O)O)C1. The van der Waals surface area contributed by atoms with Crippen LogP contribution in [0.1, 0.15) is 37.0 Å². The molecule has 0 spiro atoms. The maximum atomic E-state index is 12.6. The number of carbonyl (C=O) groups excluding carboxylic acids is 1. The molecule has 0 aromatic carbocycles. The summed E-state index contributed by atoms with van der Waals surface area (Å²) in [5, 5.41) is 11.6. The molecule has 2 aliphatic rings. The second kappa shape index (κ2) is 7.43. The molecule has 0 bridgehead atoms. The number of carboxylic acids is 1. The van der Waals surface area contributed by atoms with E-state index in [1.807, 2.05) is 0 Å². The first-order chi connectivity index (χ1) is 11.9. The highest BCUT2D eigenvalue weighted by molar-refractivity contribution is 7.91. The third-order valence-corrected chi connectivity index (χ3v) is 8.18. The van der Waals surface area contributed by atoms with Gasteiger partial charge in [-0.3, -0.25) is 9.59 Å². The van der Waals surface area contributed by atoms with Crippen molar-refractivity contribution in [1.29, 1.82) is 0 Å². The van der Waals surface area contributed by atoms with Crippen molar-refractivity contribution in [2.75, 3.05) is 13.1 Å². The minimum atomic E-state index is -3.46. The molecule has 2 heterocycles. The summed E-state index contributed by atoms with van der Waals surface area (Å²) in [6, 6.07) is 3.16. The molecule has 1 aromatic heterocycles. The molecule has 9 heteroatoms. The van der Waals surface area contributed by atoms with E-state index in [9.17, 15) is 18.0 Å². The molecular weight excluding hydrogens is 364 g/mol. The van der Waals surface area contributed by atoms with Crippen molar-refractivity contribution in [2.24, 2.45) is 5.92 Å². The quantitative estimate of drug-likeness (QED) is 0.770. The van der Waals surface area contributed by atoms with Crippen LogP contribution >= 0.6 is 11.3 Å². The van der Waals surface area contributed by atoms with Gasteiger partial charge in [-0.15, -0.1) is 11.3 Å². The Balaban J connectivity index is 1.54. The molecular formula is C16H22N2O5S2. The van der Waals surface area contributed by atoms with Gasteiger partial charge in [0.05, 0.1) is 12.3 Å². The minimum Gasteiger partial charge on any atom is -0.481 e. The number of carboxylic acid groups (broad SMARTS) is 1. The Hall–Kier alpha value is -1.45. The summed E-state index contributed by atoms with van der Waals surface area (Å²) in [7, 11) is -3.46. The summed E-state index contributed by atoms with van der Waals surface area (Å²) in [5.74, 6) is -1.39. The maximum Gasteiger partial charge on any atom is 0.306 e. The fourth-order valence-electron chi connectivity index (χ4n) is 3.20. The minimum absolute atomic E-state index is 0.0925. The third-order valence-electron chi connectivity index (χ3n) is 4.73. The van der Waals surface area contributed by atoms with E-state index in [1.165, 1.54) is 4.31 Å². The monoisotopic (exact) mass is 386 g/mol. The van der Waals surface area contributed by atoms with E-state index < -0.39 is 16.0 Å². The van der Waals surface area contributed by atoms with E-state index in [2.05, 4.69) is 5.32 Å². The molecule has 1 aromatic rings. The highest BCUT2D eigenvalue weighted by Gasteiger charge is 2.35. The van der Waals surface area contributed by atoms with Gasteiger partial charge in [0.15, 0.2) is 0 Å². The highest BCUT2D eigenvalue weighted by atomic mass is 32.2. The van der Waals surface area contributed by atoms with Gasteiger partial charge in [-0.1, -0.05) is 6.42 Å². The average molecular weight is 386 g/mol. The molecule has 0 atom stereocenters. The molecule has 2 N–H and O–H groups in total. The number of nitrogens with one attached hydrogen (secondary N) is 1. The van der Waals surface area contributed by atoms with E-state index in [0.29, 0.717) is 30.8 Å². The number of piperidine rings is 1. The first-order valence-electron chi connectivity index (χ1n) is 8.47. The number of hydrogen-bond donors (Lipinski definition) is 2. The van der Waals surface area contributed by atoms with Crippen LogP contribution in [0, 0.1) is 5.92 Å². The van der Waals surface area contributed by atoms with Crippen LogP contribution in [0.5, 0.6) is 0 Å². The number of aliphatic carboxylic acids is 1. The van der Waals surface area contributed by atoms with Crippen LogP contribution < -0.4 is 5.32 Å². The Labute approximate surface area is 151 Å². The lowest BCUT2D eigenvalue weighted by Crippen LogP contribution is -2.47. The predicted molar refractivity (Wildman–Crippen MR) is 92.9 cm³/mol. The fourth-order valence-corrected chi connectivity index (χ4v) is 6.22. The molecule has 0 radical (unpaired) electrons. The number of thiophene rings is 1. The number of rotatable bonds is 6. The van der Waals surface area contributed by atoms with E-state index in [0.717, 1.165) is 30.6 Å². The van der Waals surface area contributed by atoms with Crippen LogP contribution in [0.3, 0.4) is 0 Å². The van der Waals surface area contributed by atoms with E-state index in [1.54, 1.807) is 12.1 Å². The molecule has 3 rings (SSSR count). The standard InChI is InChI=1S/C16H22N2O5S2/c19-14(17-12-8-11(9-12)16(20)21)10-13-4-5-15(24-13)25(22,23)18-6-2-1-3-7-18/h4-5,11-12H,1-3,6-10H2,(H,17,19)(H,20,21). The Morgan fingerprint density at radius 2 is 1.88 bits per heavy atom. The Morgan fingerprint density at radius 3 is 2.52 bits per heavy atom.